The molecule has 9 heteroatoms. The van der Waals surface area contributed by atoms with Crippen LogP contribution < -0.4 is 4.74 Å². The molecule has 0 bridgehead atoms. The molecule has 1 aromatic carbocycles. The van der Waals surface area contributed by atoms with Gasteiger partial charge in [0.1, 0.15) is 12.4 Å². The van der Waals surface area contributed by atoms with Crippen LogP contribution in [0.5, 0.6) is 5.75 Å². The molecule has 0 spiro atoms. The number of ether oxygens (including phenoxy) is 3. The van der Waals surface area contributed by atoms with Gasteiger partial charge in [0.05, 0.1) is 5.56 Å². The van der Waals surface area contributed by atoms with Crippen LogP contribution in [0.15, 0.2) is 24.3 Å². The number of carbonyl (C=O) groups excluding carboxylic acids is 1. The Labute approximate surface area is 123 Å². The molecule has 0 radical (unpaired) electrons. The molecular formula is C13H13F3O6. The minimum absolute atomic E-state index is 0.00430. The second kappa shape index (κ2) is 7.64. The van der Waals surface area contributed by atoms with Gasteiger partial charge in [0.25, 0.3) is 0 Å². The smallest absolute Gasteiger partial charge is 0.405 e. The summed E-state index contributed by atoms with van der Waals surface area (Å²) in [6.45, 7) is -1.30. The Morgan fingerprint density at radius 2 is 1.82 bits per heavy atom. The number of aliphatic carboxylic acids is 1. The molecule has 0 heterocycles. The summed E-state index contributed by atoms with van der Waals surface area (Å²) in [7, 11) is 1.42. The third-order valence-corrected chi connectivity index (χ3v) is 2.51. The number of rotatable bonds is 7. The Bertz CT molecular complexity index is 512. The Morgan fingerprint density at radius 1 is 1.23 bits per heavy atom. The number of esters is 1. The summed E-state index contributed by atoms with van der Waals surface area (Å²) in [5.74, 6) is -5.55. The van der Waals surface area contributed by atoms with Crippen molar-refractivity contribution < 1.29 is 42.1 Å². The third kappa shape index (κ3) is 5.24. The number of benzene rings is 1. The second-order valence-electron chi connectivity index (χ2n) is 4.11. The van der Waals surface area contributed by atoms with Crippen LogP contribution in [0.1, 0.15) is 10.4 Å². The number of hydrogen-bond acceptors (Lipinski definition) is 5. The monoisotopic (exact) mass is 322 g/mol. The normalized spacial score (nSPS) is 12.5. The minimum atomic E-state index is -5.00. The maximum absolute atomic E-state index is 12.4. The van der Waals surface area contributed by atoms with Gasteiger partial charge in [-0.1, -0.05) is 0 Å². The van der Waals surface area contributed by atoms with Crippen molar-refractivity contribution in [2.45, 2.75) is 6.18 Å². The highest BCUT2D eigenvalue weighted by atomic mass is 19.4. The van der Waals surface area contributed by atoms with Gasteiger partial charge in [-0.15, -0.1) is 0 Å². The molecular weight excluding hydrogens is 309 g/mol. The standard InChI is InChI=1S/C13H13F3O6/c1-20-7-22-9-4-2-8(3-5-9)12(19)21-6-10(11(17)18)13(14,15)16/h2-5,10H,6-7H2,1H3,(H,17,18). The fourth-order valence-electron chi connectivity index (χ4n) is 1.36. The van der Waals surface area contributed by atoms with Gasteiger partial charge < -0.3 is 19.3 Å². The quantitative estimate of drug-likeness (QED) is 0.611. The summed E-state index contributed by atoms with van der Waals surface area (Å²) in [6, 6.07) is 5.34. The number of carboxylic acids is 1. The van der Waals surface area contributed by atoms with E-state index >= 15 is 0 Å². The molecule has 1 aromatic rings. The Balaban J connectivity index is 2.63. The van der Waals surface area contributed by atoms with Gasteiger partial charge in [-0.25, -0.2) is 4.79 Å². The van der Waals surface area contributed by atoms with E-state index in [0.717, 1.165) is 0 Å². The van der Waals surface area contributed by atoms with Crippen LogP contribution in [0.3, 0.4) is 0 Å². The van der Waals surface area contributed by atoms with Gasteiger partial charge in [-0.05, 0) is 24.3 Å². The zero-order chi connectivity index (χ0) is 16.8. The molecule has 0 aliphatic carbocycles. The highest BCUT2D eigenvalue weighted by molar-refractivity contribution is 5.89. The highest BCUT2D eigenvalue weighted by Crippen LogP contribution is 2.27. The lowest BCUT2D eigenvalue weighted by Gasteiger charge is -2.16. The molecule has 0 aliphatic rings. The van der Waals surface area contributed by atoms with Crippen molar-refractivity contribution in [3.63, 3.8) is 0 Å². The van der Waals surface area contributed by atoms with Gasteiger partial charge >= 0.3 is 18.1 Å². The third-order valence-electron chi connectivity index (χ3n) is 2.51. The molecule has 0 saturated carbocycles. The van der Waals surface area contributed by atoms with Crippen molar-refractivity contribution >= 4 is 11.9 Å². The van der Waals surface area contributed by atoms with E-state index in [0.29, 0.717) is 5.75 Å². The maximum atomic E-state index is 12.4. The van der Waals surface area contributed by atoms with Crippen LogP contribution in [0.25, 0.3) is 0 Å². The average Bonchev–Trinajstić information content (AvgIpc) is 2.43. The fraction of sp³-hybridized carbons (Fsp3) is 0.385. The lowest BCUT2D eigenvalue weighted by atomic mass is 10.1. The molecule has 0 fully saturated rings. The van der Waals surface area contributed by atoms with Crippen molar-refractivity contribution in [2.24, 2.45) is 5.92 Å². The molecule has 1 atom stereocenters. The first-order valence-corrected chi connectivity index (χ1v) is 5.94. The largest absolute Gasteiger partial charge is 0.481 e. The van der Waals surface area contributed by atoms with Crippen molar-refractivity contribution in [3.8, 4) is 5.75 Å². The predicted octanol–water partition coefficient (Wildman–Crippen LogP) is 2.09. The van der Waals surface area contributed by atoms with Gasteiger partial charge in [0.15, 0.2) is 12.7 Å². The Morgan fingerprint density at radius 3 is 2.27 bits per heavy atom. The van der Waals surface area contributed by atoms with E-state index in [1.54, 1.807) is 0 Å². The van der Waals surface area contributed by atoms with E-state index in [1.807, 2.05) is 0 Å². The summed E-state index contributed by atoms with van der Waals surface area (Å²) in [6.07, 6.45) is -5.00. The first kappa shape index (κ1) is 17.8. The number of hydrogen-bond donors (Lipinski definition) is 1. The zero-order valence-electron chi connectivity index (χ0n) is 11.4. The molecule has 1 rings (SSSR count). The van der Waals surface area contributed by atoms with Crippen molar-refractivity contribution in [1.82, 2.24) is 0 Å². The molecule has 0 aromatic heterocycles. The molecule has 0 aliphatic heterocycles. The van der Waals surface area contributed by atoms with Crippen LogP contribution in [-0.2, 0) is 14.3 Å². The topological polar surface area (TPSA) is 82.1 Å². The minimum Gasteiger partial charge on any atom is -0.481 e. The first-order chi connectivity index (χ1) is 10.3. The van der Waals surface area contributed by atoms with Crippen LogP contribution in [0.2, 0.25) is 0 Å². The number of alkyl halides is 3. The molecule has 0 saturated heterocycles. The van der Waals surface area contributed by atoms with Gasteiger partial charge in [0.2, 0.25) is 0 Å². The summed E-state index contributed by atoms with van der Waals surface area (Å²) in [5, 5.41) is 8.47. The summed E-state index contributed by atoms with van der Waals surface area (Å²) < 4.78 is 51.3. The van der Waals surface area contributed by atoms with Crippen LogP contribution in [-0.4, -0.2) is 43.7 Å². The number of halogens is 3. The Hall–Kier alpha value is -2.29. The SMILES string of the molecule is COCOc1ccc(C(=O)OCC(C(=O)O)C(F)(F)F)cc1. The van der Waals surface area contributed by atoms with Gasteiger partial charge in [-0.2, -0.15) is 13.2 Å². The van der Waals surface area contributed by atoms with Crippen molar-refractivity contribution in [1.29, 1.82) is 0 Å². The van der Waals surface area contributed by atoms with E-state index < -0.39 is 30.6 Å². The van der Waals surface area contributed by atoms with E-state index in [-0.39, 0.29) is 12.4 Å². The Kier molecular flexibility index (Phi) is 6.17. The molecule has 0 amide bonds. The molecule has 1 N–H and O–H groups in total. The summed E-state index contributed by atoms with van der Waals surface area (Å²) >= 11 is 0. The molecule has 122 valence electrons. The van der Waals surface area contributed by atoms with E-state index in [2.05, 4.69) is 9.47 Å². The second-order valence-corrected chi connectivity index (χ2v) is 4.11. The molecule has 6 nitrogen and oxygen atoms in total. The first-order valence-electron chi connectivity index (χ1n) is 5.94. The van der Waals surface area contributed by atoms with Crippen LogP contribution in [0, 0.1) is 5.92 Å². The summed E-state index contributed by atoms with van der Waals surface area (Å²) in [5.41, 5.74) is -0.0314. The van der Waals surface area contributed by atoms with Crippen LogP contribution >= 0.6 is 0 Å². The molecule has 22 heavy (non-hydrogen) atoms. The fourth-order valence-corrected chi connectivity index (χ4v) is 1.36. The lowest BCUT2D eigenvalue weighted by Crippen LogP contribution is -2.35. The van der Waals surface area contributed by atoms with Gasteiger partial charge in [-0.3, -0.25) is 4.79 Å². The van der Waals surface area contributed by atoms with E-state index in [4.69, 9.17) is 9.84 Å². The van der Waals surface area contributed by atoms with E-state index in [9.17, 15) is 22.8 Å². The van der Waals surface area contributed by atoms with E-state index in [1.165, 1.54) is 31.4 Å². The predicted molar refractivity (Wildman–Crippen MR) is 66.4 cm³/mol. The summed E-state index contributed by atoms with van der Waals surface area (Å²) in [4.78, 5) is 22.1. The maximum Gasteiger partial charge on any atom is 0.405 e. The zero-order valence-corrected chi connectivity index (χ0v) is 11.4. The number of methoxy groups -OCH3 is 1. The lowest BCUT2D eigenvalue weighted by molar-refractivity contribution is -0.199. The number of carboxylic acid groups (broad SMARTS) is 1. The molecule has 1 unspecified atom stereocenters. The average molecular weight is 322 g/mol. The van der Waals surface area contributed by atoms with Crippen molar-refractivity contribution in [3.05, 3.63) is 29.8 Å². The number of carbonyl (C=O) groups is 2. The van der Waals surface area contributed by atoms with Crippen molar-refractivity contribution in [2.75, 3.05) is 20.5 Å². The highest BCUT2D eigenvalue weighted by Gasteiger charge is 2.46. The van der Waals surface area contributed by atoms with Crippen LogP contribution in [0.4, 0.5) is 13.2 Å². The van der Waals surface area contributed by atoms with Gasteiger partial charge in [0, 0.05) is 7.11 Å².